The lowest BCUT2D eigenvalue weighted by atomic mass is 10.3. The Hall–Kier alpha value is -0.810. The Morgan fingerprint density at radius 1 is 1.21 bits per heavy atom. The van der Waals surface area contributed by atoms with Gasteiger partial charge in [-0.05, 0) is 40.2 Å². The number of hydrogen-bond donors (Lipinski definition) is 0. The molecule has 0 bridgehead atoms. The molecule has 0 spiro atoms. The maximum atomic E-state index is 11.9. The van der Waals surface area contributed by atoms with Crippen molar-refractivity contribution in [1.82, 2.24) is 4.98 Å². The van der Waals surface area contributed by atoms with Crippen LogP contribution >= 0.6 is 50.7 Å². The fourth-order valence-electron chi connectivity index (χ4n) is 1.25. The minimum Gasteiger partial charge on any atom is -0.422 e. The molecule has 0 saturated carbocycles. The lowest BCUT2D eigenvalue weighted by molar-refractivity contribution is 0.0733. The predicted octanol–water partition coefficient (Wildman–Crippen LogP) is 5.02. The van der Waals surface area contributed by atoms with E-state index in [0.717, 1.165) is 0 Å². The summed E-state index contributed by atoms with van der Waals surface area (Å²) in [5.74, 6) is -0.241. The van der Waals surface area contributed by atoms with Crippen LogP contribution in [-0.4, -0.2) is 11.0 Å². The number of rotatable bonds is 2. The molecule has 1 aromatic heterocycles. The first-order chi connectivity index (χ1) is 8.97. The summed E-state index contributed by atoms with van der Waals surface area (Å²) in [6.45, 7) is 0. The molecule has 19 heavy (non-hydrogen) atoms. The van der Waals surface area contributed by atoms with E-state index >= 15 is 0 Å². The summed E-state index contributed by atoms with van der Waals surface area (Å²) in [6.07, 6.45) is 1.29. The molecular weight excluding hydrogens is 376 g/mol. The van der Waals surface area contributed by atoms with Gasteiger partial charge in [-0.1, -0.05) is 34.8 Å². The number of pyridine rings is 1. The Morgan fingerprint density at radius 3 is 2.58 bits per heavy atom. The molecule has 1 heterocycles. The standard InChI is InChI=1S/C12H5BrCl3NO2/c13-8-4-7(14)1-2-10(8)19-12(18)6-3-9(15)11(16)17-5-6/h1-5H. The number of aromatic nitrogens is 1. The second-order valence-corrected chi connectivity index (χ2v) is 5.52. The second-order valence-electron chi connectivity index (χ2n) is 3.46. The molecule has 0 saturated heterocycles. The summed E-state index contributed by atoms with van der Waals surface area (Å²) in [4.78, 5) is 15.7. The Bertz CT molecular complexity index is 649. The highest BCUT2D eigenvalue weighted by molar-refractivity contribution is 9.10. The number of halogens is 4. The van der Waals surface area contributed by atoms with Crippen LogP contribution < -0.4 is 4.74 Å². The molecule has 0 amide bonds. The zero-order chi connectivity index (χ0) is 14.0. The van der Waals surface area contributed by atoms with Crippen molar-refractivity contribution in [1.29, 1.82) is 0 Å². The van der Waals surface area contributed by atoms with E-state index in [1.54, 1.807) is 18.2 Å². The van der Waals surface area contributed by atoms with Crippen LogP contribution in [0.2, 0.25) is 15.2 Å². The van der Waals surface area contributed by atoms with E-state index in [-0.39, 0.29) is 15.7 Å². The summed E-state index contributed by atoms with van der Waals surface area (Å²) in [5, 5.41) is 0.847. The molecule has 3 nitrogen and oxygen atoms in total. The number of nitrogens with zero attached hydrogens (tertiary/aromatic N) is 1. The van der Waals surface area contributed by atoms with Crippen molar-refractivity contribution >= 4 is 56.7 Å². The van der Waals surface area contributed by atoms with Gasteiger partial charge in [0.25, 0.3) is 0 Å². The molecule has 0 atom stereocenters. The SMILES string of the molecule is O=C(Oc1ccc(Cl)cc1Br)c1cnc(Cl)c(Cl)c1. The highest BCUT2D eigenvalue weighted by atomic mass is 79.9. The fraction of sp³-hybridized carbons (Fsp3) is 0. The average Bonchev–Trinajstić information content (AvgIpc) is 2.36. The predicted molar refractivity (Wildman–Crippen MR) is 78.4 cm³/mol. The zero-order valence-electron chi connectivity index (χ0n) is 9.16. The van der Waals surface area contributed by atoms with E-state index in [4.69, 9.17) is 39.5 Å². The van der Waals surface area contributed by atoms with E-state index in [1.807, 2.05) is 0 Å². The quantitative estimate of drug-likeness (QED) is 0.416. The Morgan fingerprint density at radius 2 is 1.95 bits per heavy atom. The monoisotopic (exact) mass is 379 g/mol. The van der Waals surface area contributed by atoms with Gasteiger partial charge in [-0.2, -0.15) is 0 Å². The largest absolute Gasteiger partial charge is 0.422 e. The maximum Gasteiger partial charge on any atom is 0.345 e. The minimum atomic E-state index is -0.589. The van der Waals surface area contributed by atoms with Crippen LogP contribution in [0.15, 0.2) is 34.9 Å². The van der Waals surface area contributed by atoms with Gasteiger partial charge in [0.2, 0.25) is 0 Å². The zero-order valence-corrected chi connectivity index (χ0v) is 13.0. The van der Waals surface area contributed by atoms with Crippen molar-refractivity contribution in [2.24, 2.45) is 0 Å². The molecule has 0 aliphatic carbocycles. The summed E-state index contributed by atoms with van der Waals surface area (Å²) in [6, 6.07) is 6.21. The molecular formula is C12H5BrCl3NO2. The van der Waals surface area contributed by atoms with Gasteiger partial charge in [0.15, 0.2) is 0 Å². The van der Waals surface area contributed by atoms with Crippen LogP contribution in [0.5, 0.6) is 5.75 Å². The number of benzene rings is 1. The van der Waals surface area contributed by atoms with E-state index in [0.29, 0.717) is 15.2 Å². The summed E-state index contributed by atoms with van der Waals surface area (Å²) < 4.78 is 5.77. The van der Waals surface area contributed by atoms with Crippen molar-refractivity contribution in [2.75, 3.05) is 0 Å². The smallest absolute Gasteiger partial charge is 0.345 e. The third kappa shape index (κ3) is 3.60. The Labute approximate surface area is 132 Å². The number of hydrogen-bond acceptors (Lipinski definition) is 3. The van der Waals surface area contributed by atoms with Crippen molar-refractivity contribution in [3.63, 3.8) is 0 Å². The first-order valence-corrected chi connectivity index (χ1v) is 6.88. The maximum absolute atomic E-state index is 11.9. The number of carbonyl (C=O) groups excluding carboxylic acids is 1. The van der Waals surface area contributed by atoms with Crippen LogP contribution in [-0.2, 0) is 0 Å². The van der Waals surface area contributed by atoms with Crippen LogP contribution in [0.4, 0.5) is 0 Å². The number of esters is 1. The molecule has 0 aliphatic rings. The van der Waals surface area contributed by atoms with Crippen LogP contribution in [0.25, 0.3) is 0 Å². The highest BCUT2D eigenvalue weighted by Gasteiger charge is 2.13. The highest BCUT2D eigenvalue weighted by Crippen LogP contribution is 2.29. The van der Waals surface area contributed by atoms with Gasteiger partial charge in [-0.15, -0.1) is 0 Å². The van der Waals surface area contributed by atoms with Crippen LogP contribution in [0, 0.1) is 0 Å². The normalized spacial score (nSPS) is 10.3. The molecule has 1 aromatic carbocycles. The van der Waals surface area contributed by atoms with E-state index in [1.165, 1.54) is 12.3 Å². The van der Waals surface area contributed by atoms with E-state index < -0.39 is 5.97 Å². The molecule has 7 heteroatoms. The summed E-state index contributed by atoms with van der Waals surface area (Å²) in [5.41, 5.74) is 0.205. The van der Waals surface area contributed by atoms with Crippen LogP contribution in [0.3, 0.4) is 0 Å². The van der Waals surface area contributed by atoms with Crippen LogP contribution in [0.1, 0.15) is 10.4 Å². The molecule has 2 aromatic rings. The van der Waals surface area contributed by atoms with Gasteiger partial charge in [0.05, 0.1) is 15.1 Å². The van der Waals surface area contributed by atoms with Gasteiger partial charge < -0.3 is 4.74 Å². The number of carbonyl (C=O) groups is 1. The molecule has 0 aliphatic heterocycles. The van der Waals surface area contributed by atoms with E-state index in [2.05, 4.69) is 20.9 Å². The van der Waals surface area contributed by atoms with Gasteiger partial charge >= 0.3 is 5.97 Å². The molecule has 0 N–H and O–H groups in total. The van der Waals surface area contributed by atoms with Gasteiger partial charge in [0.1, 0.15) is 10.9 Å². The van der Waals surface area contributed by atoms with Crippen molar-refractivity contribution < 1.29 is 9.53 Å². The lowest BCUT2D eigenvalue weighted by Crippen LogP contribution is -2.09. The first-order valence-electron chi connectivity index (χ1n) is 4.95. The van der Waals surface area contributed by atoms with Gasteiger partial charge in [-0.25, -0.2) is 9.78 Å². The van der Waals surface area contributed by atoms with Crippen molar-refractivity contribution in [3.8, 4) is 5.75 Å². The molecule has 0 fully saturated rings. The molecule has 0 radical (unpaired) electrons. The molecule has 2 rings (SSSR count). The Balaban J connectivity index is 2.23. The fourth-order valence-corrected chi connectivity index (χ4v) is 2.28. The summed E-state index contributed by atoms with van der Waals surface area (Å²) in [7, 11) is 0. The third-order valence-corrected chi connectivity index (χ3v) is 3.67. The number of ether oxygens (including phenoxy) is 1. The van der Waals surface area contributed by atoms with E-state index in [9.17, 15) is 4.79 Å². The molecule has 0 unspecified atom stereocenters. The Kier molecular flexibility index (Phi) is 4.68. The average molecular weight is 381 g/mol. The minimum absolute atomic E-state index is 0.130. The third-order valence-electron chi connectivity index (χ3n) is 2.13. The van der Waals surface area contributed by atoms with Gasteiger partial charge in [-0.3, -0.25) is 0 Å². The van der Waals surface area contributed by atoms with Crippen molar-refractivity contribution in [3.05, 3.63) is 55.7 Å². The lowest BCUT2D eigenvalue weighted by Gasteiger charge is -2.07. The van der Waals surface area contributed by atoms with Crippen molar-refractivity contribution in [2.45, 2.75) is 0 Å². The summed E-state index contributed by atoms with van der Waals surface area (Å²) >= 11 is 20.5. The topological polar surface area (TPSA) is 39.2 Å². The first kappa shape index (κ1) is 14.6. The van der Waals surface area contributed by atoms with Gasteiger partial charge in [0, 0.05) is 11.2 Å². The second kappa shape index (κ2) is 6.09. The molecule has 98 valence electrons.